The number of fused-ring (bicyclic) bond motifs is 4. The Labute approximate surface area is 427 Å². The molecular formula is C69H48N4. The highest BCUT2D eigenvalue weighted by atomic mass is 15.2. The molecule has 0 radical (unpaired) electrons. The van der Waals surface area contributed by atoms with Crippen molar-refractivity contribution in [3.8, 4) is 61.7 Å². The predicted molar refractivity (Wildman–Crippen MR) is 304 cm³/mol. The standard InChI is InChI=1S/C69H48N4/c1-69(2)64-43-53-39-58(73(57-32-20-9-21-33-57)68-62(50-28-16-7-17-29-50)42-54(44-66(68)71-3)48-24-12-5-13-25-48)35-34-51(53)40-63(64)60-37-36-59(45-65(60)69)72(56-30-18-8-19-31-56)67-55(46-70)38-52(47-22-10-4-11-23-47)41-61(67)49-26-14-6-15-27-49/h4-45H,1-2H3. The summed E-state index contributed by atoms with van der Waals surface area (Å²) in [5.74, 6) is 0. The van der Waals surface area contributed by atoms with Gasteiger partial charge < -0.3 is 9.80 Å². The van der Waals surface area contributed by atoms with E-state index in [1.165, 1.54) is 22.3 Å². The molecule has 12 rings (SSSR count). The summed E-state index contributed by atoms with van der Waals surface area (Å²) in [7, 11) is 0. The van der Waals surface area contributed by atoms with E-state index in [1.54, 1.807) is 0 Å². The molecule has 1 aliphatic rings. The smallest absolute Gasteiger partial charge is 0.211 e. The van der Waals surface area contributed by atoms with Crippen LogP contribution in [-0.2, 0) is 5.41 Å². The zero-order chi connectivity index (χ0) is 49.5. The van der Waals surface area contributed by atoms with Crippen molar-refractivity contribution < 1.29 is 0 Å². The van der Waals surface area contributed by atoms with Crippen molar-refractivity contribution in [1.29, 1.82) is 5.26 Å². The van der Waals surface area contributed by atoms with Crippen LogP contribution in [0, 0.1) is 17.9 Å². The fourth-order valence-electron chi connectivity index (χ4n) is 10.9. The van der Waals surface area contributed by atoms with Crippen molar-refractivity contribution in [2.45, 2.75) is 19.3 Å². The second kappa shape index (κ2) is 18.5. The van der Waals surface area contributed by atoms with Crippen LogP contribution in [0.1, 0.15) is 30.5 Å². The number of hydrogen-bond donors (Lipinski definition) is 0. The van der Waals surface area contributed by atoms with E-state index in [0.717, 1.165) is 89.4 Å². The van der Waals surface area contributed by atoms with Crippen molar-refractivity contribution >= 4 is 50.6 Å². The third-order valence-corrected chi connectivity index (χ3v) is 14.4. The molecule has 0 saturated carbocycles. The summed E-state index contributed by atoms with van der Waals surface area (Å²) in [5.41, 5.74) is 19.3. The quantitative estimate of drug-likeness (QED) is 0.128. The number of nitrogens with zero attached hydrogens (tertiary/aromatic N) is 4. The number of hydrogen-bond acceptors (Lipinski definition) is 3. The molecule has 0 saturated heterocycles. The Kier molecular flexibility index (Phi) is 11.3. The van der Waals surface area contributed by atoms with Crippen molar-refractivity contribution in [3.63, 3.8) is 0 Å². The van der Waals surface area contributed by atoms with E-state index in [-0.39, 0.29) is 5.41 Å². The van der Waals surface area contributed by atoms with Crippen LogP contribution in [0.2, 0.25) is 0 Å². The van der Waals surface area contributed by atoms with E-state index in [0.29, 0.717) is 11.3 Å². The van der Waals surface area contributed by atoms with Gasteiger partial charge in [0.05, 0.1) is 23.5 Å². The predicted octanol–water partition coefficient (Wildman–Crippen LogP) is 19.2. The Balaban J connectivity index is 1.01. The lowest BCUT2D eigenvalue weighted by Crippen LogP contribution is -2.17. The van der Waals surface area contributed by atoms with Crippen molar-refractivity contribution in [2.75, 3.05) is 9.80 Å². The second-order valence-corrected chi connectivity index (χ2v) is 19.1. The molecule has 4 heteroatoms. The SMILES string of the molecule is [C-]#[N+]c1cc(-c2ccccc2)cc(-c2ccccc2)c1N(c1ccccc1)c1ccc2cc3c(cc2c1)C(C)(C)c1cc(N(c2ccccc2)c2c(C#N)cc(-c4ccccc4)cc2-c2ccccc2)ccc1-3. The molecule has 0 fully saturated rings. The largest absolute Gasteiger partial charge is 0.320 e. The van der Waals surface area contributed by atoms with Gasteiger partial charge in [-0.2, -0.15) is 5.26 Å². The molecule has 0 bridgehead atoms. The topological polar surface area (TPSA) is 34.6 Å². The van der Waals surface area contributed by atoms with Gasteiger partial charge in [0.15, 0.2) is 0 Å². The third-order valence-electron chi connectivity index (χ3n) is 14.4. The molecule has 73 heavy (non-hydrogen) atoms. The van der Waals surface area contributed by atoms with Crippen molar-refractivity contribution in [1.82, 2.24) is 0 Å². The Morgan fingerprint density at radius 1 is 0.370 bits per heavy atom. The molecule has 11 aromatic rings. The van der Waals surface area contributed by atoms with Crippen LogP contribution >= 0.6 is 0 Å². The number of benzene rings is 11. The fraction of sp³-hybridized carbons (Fsp3) is 0.0435. The highest BCUT2D eigenvalue weighted by Crippen LogP contribution is 2.54. The summed E-state index contributed by atoms with van der Waals surface area (Å²) in [4.78, 5) is 8.78. The summed E-state index contributed by atoms with van der Waals surface area (Å²) < 4.78 is 0. The summed E-state index contributed by atoms with van der Waals surface area (Å²) in [6.07, 6.45) is 0. The maximum atomic E-state index is 11.1. The van der Waals surface area contributed by atoms with Gasteiger partial charge in [-0.1, -0.05) is 184 Å². The number of rotatable bonds is 10. The van der Waals surface area contributed by atoms with Gasteiger partial charge >= 0.3 is 0 Å². The fourth-order valence-corrected chi connectivity index (χ4v) is 10.9. The van der Waals surface area contributed by atoms with Crippen LogP contribution in [0.4, 0.5) is 39.8 Å². The van der Waals surface area contributed by atoms with Crippen LogP contribution in [-0.4, -0.2) is 0 Å². The van der Waals surface area contributed by atoms with Crippen molar-refractivity contribution in [3.05, 3.63) is 283 Å². The van der Waals surface area contributed by atoms with Gasteiger partial charge in [0, 0.05) is 33.7 Å². The second-order valence-electron chi connectivity index (χ2n) is 19.1. The molecule has 0 aliphatic heterocycles. The minimum Gasteiger partial charge on any atom is -0.320 e. The van der Waals surface area contributed by atoms with E-state index < -0.39 is 0 Å². The maximum absolute atomic E-state index is 11.1. The molecule has 0 unspecified atom stereocenters. The third kappa shape index (κ3) is 7.99. The van der Waals surface area contributed by atoms with Crippen molar-refractivity contribution in [2.24, 2.45) is 0 Å². The lowest BCUT2D eigenvalue weighted by atomic mass is 9.81. The van der Waals surface area contributed by atoms with Gasteiger partial charge in [-0.05, 0) is 157 Å². The Morgan fingerprint density at radius 3 is 1.36 bits per heavy atom. The first kappa shape index (κ1) is 44.5. The summed E-state index contributed by atoms with van der Waals surface area (Å²) >= 11 is 0. The normalized spacial score (nSPS) is 12.1. The molecule has 0 aromatic heterocycles. The number of para-hydroxylation sites is 2. The van der Waals surface area contributed by atoms with Gasteiger partial charge in [-0.15, -0.1) is 0 Å². The minimum atomic E-state index is -0.380. The minimum absolute atomic E-state index is 0.380. The van der Waals surface area contributed by atoms with Gasteiger partial charge in [0.1, 0.15) is 6.07 Å². The molecule has 0 heterocycles. The lowest BCUT2D eigenvalue weighted by Gasteiger charge is -2.31. The first-order chi connectivity index (χ1) is 35.9. The molecular weight excluding hydrogens is 885 g/mol. The van der Waals surface area contributed by atoms with E-state index >= 15 is 0 Å². The molecule has 0 N–H and O–H groups in total. The number of anilines is 6. The van der Waals surface area contributed by atoms with E-state index in [2.05, 4.69) is 217 Å². The van der Waals surface area contributed by atoms with Crippen LogP contribution in [0.3, 0.4) is 0 Å². The molecule has 1 aliphatic carbocycles. The molecule has 4 nitrogen and oxygen atoms in total. The average molecular weight is 933 g/mol. The summed E-state index contributed by atoms with van der Waals surface area (Å²) in [6.45, 7) is 13.3. The number of nitriles is 1. The van der Waals surface area contributed by atoms with Gasteiger partial charge in [0.2, 0.25) is 5.69 Å². The van der Waals surface area contributed by atoms with Gasteiger partial charge in [0.25, 0.3) is 0 Å². The highest BCUT2D eigenvalue weighted by molar-refractivity contribution is 6.02. The zero-order valence-corrected chi connectivity index (χ0v) is 40.5. The van der Waals surface area contributed by atoms with Crippen LogP contribution < -0.4 is 9.80 Å². The summed E-state index contributed by atoms with van der Waals surface area (Å²) in [6, 6.07) is 91.7. The Morgan fingerprint density at radius 2 is 0.822 bits per heavy atom. The average Bonchev–Trinajstić information content (AvgIpc) is 3.67. The lowest BCUT2D eigenvalue weighted by molar-refractivity contribution is 0.661. The highest BCUT2D eigenvalue weighted by Gasteiger charge is 2.37. The Bertz CT molecular complexity index is 3930. The van der Waals surface area contributed by atoms with E-state index in [9.17, 15) is 5.26 Å². The molecule has 0 amide bonds. The molecule has 344 valence electrons. The van der Waals surface area contributed by atoms with Crippen LogP contribution in [0.15, 0.2) is 255 Å². The molecule has 0 spiro atoms. The van der Waals surface area contributed by atoms with Gasteiger partial charge in [-0.3, -0.25) is 0 Å². The first-order valence-corrected chi connectivity index (χ1v) is 24.7. The van der Waals surface area contributed by atoms with Crippen LogP contribution in [0.5, 0.6) is 0 Å². The maximum Gasteiger partial charge on any atom is 0.211 e. The first-order valence-electron chi connectivity index (χ1n) is 24.7. The van der Waals surface area contributed by atoms with E-state index in [4.69, 9.17) is 6.57 Å². The monoisotopic (exact) mass is 932 g/mol. The zero-order valence-electron chi connectivity index (χ0n) is 40.5. The molecule has 0 atom stereocenters. The summed E-state index contributed by atoms with van der Waals surface area (Å²) in [5, 5.41) is 13.3. The Hall–Kier alpha value is -9.74. The van der Waals surface area contributed by atoms with E-state index in [1.807, 2.05) is 72.8 Å². The van der Waals surface area contributed by atoms with Crippen LogP contribution in [0.25, 0.3) is 71.3 Å². The molecule has 11 aromatic carbocycles. The van der Waals surface area contributed by atoms with Gasteiger partial charge in [-0.25, -0.2) is 4.85 Å².